The zero-order chi connectivity index (χ0) is 19.7. The summed E-state index contributed by atoms with van der Waals surface area (Å²) >= 11 is 0. The van der Waals surface area contributed by atoms with E-state index in [1.165, 1.54) is 16.3 Å². The molecule has 2 rings (SSSR count). The van der Waals surface area contributed by atoms with Gasteiger partial charge < -0.3 is 21.4 Å². The molecule has 0 spiro atoms. The number of hydrogen-bond acceptors (Lipinski definition) is 3. The Bertz CT molecular complexity index is 705. The number of nitrogens with two attached hydrogens (primary N) is 1. The van der Waals surface area contributed by atoms with Crippen LogP contribution >= 0.6 is 0 Å². The zero-order valence-electron chi connectivity index (χ0n) is 15.9. The first kappa shape index (κ1) is 21.6. The van der Waals surface area contributed by atoms with Crippen molar-refractivity contribution in [2.45, 2.75) is 46.1 Å². The second-order valence-corrected chi connectivity index (χ2v) is 7.21. The number of rotatable bonds is 7. The van der Waals surface area contributed by atoms with E-state index in [1.54, 1.807) is 0 Å². The van der Waals surface area contributed by atoms with E-state index < -0.39 is 11.9 Å². The molecule has 0 bridgehead atoms. The Morgan fingerprint density at radius 1 is 1.04 bits per heavy atom. The van der Waals surface area contributed by atoms with E-state index in [0.29, 0.717) is 18.4 Å². The van der Waals surface area contributed by atoms with Crippen LogP contribution in [0, 0.1) is 11.8 Å². The molecule has 0 saturated carbocycles. The largest absolute Gasteiger partial charge is 0.550 e. The normalized spacial score (nSPS) is 13.0. The van der Waals surface area contributed by atoms with Crippen LogP contribution in [0.25, 0.3) is 10.8 Å². The van der Waals surface area contributed by atoms with Crippen molar-refractivity contribution in [1.29, 1.82) is 0 Å². The topological polar surface area (TPSA) is 111 Å². The molecule has 0 aliphatic carbocycles. The van der Waals surface area contributed by atoms with Gasteiger partial charge in [0.05, 0.1) is 0 Å². The lowest BCUT2D eigenvalue weighted by Crippen LogP contribution is -2.51. The number of amides is 1. The van der Waals surface area contributed by atoms with Crippen molar-refractivity contribution < 1.29 is 20.4 Å². The van der Waals surface area contributed by atoms with Gasteiger partial charge in [0.2, 0.25) is 5.91 Å². The van der Waals surface area contributed by atoms with Gasteiger partial charge in [-0.2, -0.15) is 0 Å². The van der Waals surface area contributed by atoms with E-state index in [4.69, 9.17) is 5.73 Å². The maximum atomic E-state index is 10.6. The number of carbonyl (C=O) groups is 2. The summed E-state index contributed by atoms with van der Waals surface area (Å²) < 4.78 is 0. The molecule has 0 aliphatic rings. The Morgan fingerprint density at radius 2 is 1.65 bits per heavy atom. The van der Waals surface area contributed by atoms with Crippen molar-refractivity contribution in [2.24, 2.45) is 17.6 Å². The molecular weight excluding hydrogens is 328 g/mol. The minimum Gasteiger partial charge on any atom is -0.550 e. The minimum atomic E-state index is -1.12. The van der Waals surface area contributed by atoms with Crippen LogP contribution in [0.2, 0.25) is 0 Å². The lowest BCUT2D eigenvalue weighted by atomic mass is 9.91. The molecule has 2 atom stereocenters. The molecule has 26 heavy (non-hydrogen) atoms. The Kier molecular flexibility index (Phi) is 8.79. The van der Waals surface area contributed by atoms with Crippen molar-refractivity contribution in [1.82, 2.24) is 0 Å². The molecule has 142 valence electrons. The van der Waals surface area contributed by atoms with Crippen molar-refractivity contribution in [3.63, 3.8) is 0 Å². The summed E-state index contributed by atoms with van der Waals surface area (Å²) in [6, 6.07) is 15.2. The monoisotopic (exact) mass is 358 g/mol. The third kappa shape index (κ3) is 7.66. The summed E-state index contributed by atoms with van der Waals surface area (Å²) in [5.41, 5.74) is 10.4. The van der Waals surface area contributed by atoms with Crippen molar-refractivity contribution in [3.05, 3.63) is 48.0 Å². The molecule has 0 unspecified atom stereocenters. The standard InChI is InChI=1S/C12H13N.C9H17NO3/c1-9(13)11-8-4-6-10-5-2-3-7-12(10)11;1-6(2)3-7(4-8(10)11)5-9(12)13/h2-9H,13H2,1H3;6-7H,3-5H2,1-2H3,(H2,10,11)(H,12,13)/t9-;7-/m01/s1. The Hall–Kier alpha value is -2.40. The van der Waals surface area contributed by atoms with Gasteiger partial charge in [-0.25, -0.2) is 0 Å². The zero-order valence-corrected chi connectivity index (χ0v) is 15.9. The number of primary amides is 1. The number of carboxylic acid groups (broad SMARTS) is 1. The van der Waals surface area contributed by atoms with Gasteiger partial charge in [0.1, 0.15) is 6.04 Å². The third-order valence-electron chi connectivity index (χ3n) is 4.10. The third-order valence-corrected chi connectivity index (χ3v) is 4.10. The summed E-state index contributed by atoms with van der Waals surface area (Å²) in [4.78, 5) is 20.9. The van der Waals surface area contributed by atoms with E-state index in [9.17, 15) is 14.7 Å². The Morgan fingerprint density at radius 3 is 2.19 bits per heavy atom. The number of benzene rings is 2. The molecule has 0 saturated heterocycles. The highest BCUT2D eigenvalue weighted by Crippen LogP contribution is 2.21. The first-order chi connectivity index (χ1) is 12.2. The fourth-order valence-electron chi connectivity index (χ4n) is 3.11. The number of quaternary nitrogens is 1. The summed E-state index contributed by atoms with van der Waals surface area (Å²) in [7, 11) is 0. The maximum absolute atomic E-state index is 10.6. The highest BCUT2D eigenvalue weighted by atomic mass is 16.4. The molecule has 5 nitrogen and oxygen atoms in total. The number of fused-ring (bicyclic) bond motifs is 1. The fourth-order valence-corrected chi connectivity index (χ4v) is 3.11. The van der Waals surface area contributed by atoms with E-state index in [-0.39, 0.29) is 18.8 Å². The SMILES string of the molecule is CC(C)C[C@H](CC(N)=O)CC(=O)[O-].C[C@H]([NH3+])c1cccc2ccccc12. The lowest BCUT2D eigenvalue weighted by Gasteiger charge is -2.17. The van der Waals surface area contributed by atoms with E-state index in [1.807, 2.05) is 13.8 Å². The molecule has 5 heteroatoms. The van der Waals surface area contributed by atoms with E-state index in [0.717, 1.165) is 0 Å². The number of hydrogen-bond donors (Lipinski definition) is 2. The van der Waals surface area contributed by atoms with Gasteiger partial charge in [-0.15, -0.1) is 0 Å². The number of aliphatic carboxylic acids is 1. The molecule has 2 aromatic carbocycles. The van der Waals surface area contributed by atoms with Gasteiger partial charge in [0, 0.05) is 18.0 Å². The summed E-state index contributed by atoms with van der Waals surface area (Å²) in [6.07, 6.45) is 0.740. The lowest BCUT2D eigenvalue weighted by molar-refractivity contribution is -0.420. The maximum Gasteiger partial charge on any atom is 0.217 e. The highest BCUT2D eigenvalue weighted by Gasteiger charge is 2.13. The molecule has 1 amide bonds. The minimum absolute atomic E-state index is 0.0822. The summed E-state index contributed by atoms with van der Waals surface area (Å²) in [6.45, 7) is 6.08. The fraction of sp³-hybridized carbons (Fsp3) is 0.429. The first-order valence-electron chi connectivity index (χ1n) is 8.99. The van der Waals surface area contributed by atoms with Crippen LogP contribution in [-0.2, 0) is 9.59 Å². The Labute approximate surface area is 155 Å². The molecular formula is C21H30N2O3. The predicted octanol–water partition coefficient (Wildman–Crippen LogP) is 1.81. The number of carboxylic acids is 1. The van der Waals surface area contributed by atoms with Gasteiger partial charge >= 0.3 is 0 Å². The van der Waals surface area contributed by atoms with Crippen molar-refractivity contribution in [3.8, 4) is 0 Å². The summed E-state index contributed by atoms with van der Waals surface area (Å²) in [5, 5.41) is 12.9. The second kappa shape index (κ2) is 10.6. The van der Waals surface area contributed by atoms with Crippen LogP contribution in [0.15, 0.2) is 42.5 Å². The quantitative estimate of drug-likeness (QED) is 0.787. The highest BCUT2D eigenvalue weighted by molar-refractivity contribution is 5.85. The van der Waals surface area contributed by atoms with Gasteiger partial charge in [-0.05, 0) is 42.4 Å². The van der Waals surface area contributed by atoms with Crippen LogP contribution in [0.4, 0.5) is 0 Å². The van der Waals surface area contributed by atoms with E-state index in [2.05, 4.69) is 55.1 Å². The first-order valence-corrected chi connectivity index (χ1v) is 8.99. The van der Waals surface area contributed by atoms with Crippen LogP contribution < -0.4 is 16.6 Å². The predicted molar refractivity (Wildman–Crippen MR) is 102 cm³/mol. The smallest absolute Gasteiger partial charge is 0.217 e. The molecule has 0 aliphatic heterocycles. The Balaban J connectivity index is 0.000000260. The molecule has 5 N–H and O–H groups in total. The van der Waals surface area contributed by atoms with E-state index >= 15 is 0 Å². The average Bonchev–Trinajstić information content (AvgIpc) is 2.52. The van der Waals surface area contributed by atoms with Crippen LogP contribution in [0.3, 0.4) is 0 Å². The van der Waals surface area contributed by atoms with Gasteiger partial charge in [0.15, 0.2) is 0 Å². The molecule has 0 radical (unpaired) electrons. The number of carbonyl (C=O) groups excluding carboxylic acids is 2. The molecule has 0 heterocycles. The van der Waals surface area contributed by atoms with Crippen LogP contribution in [-0.4, -0.2) is 11.9 Å². The molecule has 0 fully saturated rings. The average molecular weight is 358 g/mol. The van der Waals surface area contributed by atoms with Gasteiger partial charge in [-0.3, -0.25) is 4.79 Å². The second-order valence-electron chi connectivity index (χ2n) is 7.21. The van der Waals surface area contributed by atoms with Crippen molar-refractivity contribution in [2.75, 3.05) is 0 Å². The summed E-state index contributed by atoms with van der Waals surface area (Å²) in [5.74, 6) is -1.38. The van der Waals surface area contributed by atoms with Crippen LogP contribution in [0.1, 0.15) is 51.6 Å². The van der Waals surface area contributed by atoms with Crippen LogP contribution in [0.5, 0.6) is 0 Å². The van der Waals surface area contributed by atoms with Gasteiger partial charge in [-0.1, -0.05) is 56.3 Å². The van der Waals surface area contributed by atoms with Gasteiger partial charge in [0.25, 0.3) is 0 Å². The molecule has 0 aromatic heterocycles. The van der Waals surface area contributed by atoms with Crippen molar-refractivity contribution >= 4 is 22.6 Å². The molecule has 2 aromatic rings.